The summed E-state index contributed by atoms with van der Waals surface area (Å²) >= 11 is 2.16. The van der Waals surface area contributed by atoms with Crippen LogP contribution in [0.1, 0.15) is 32.6 Å². The van der Waals surface area contributed by atoms with E-state index < -0.39 is 0 Å². The summed E-state index contributed by atoms with van der Waals surface area (Å²) in [5.41, 5.74) is 0. The van der Waals surface area contributed by atoms with Crippen LogP contribution in [0.2, 0.25) is 0 Å². The van der Waals surface area contributed by atoms with E-state index in [1.165, 1.54) is 38.0 Å². The molecule has 1 heterocycles. The van der Waals surface area contributed by atoms with Crippen LogP contribution in [-0.4, -0.2) is 17.2 Å². The van der Waals surface area contributed by atoms with Crippen LogP contribution in [-0.2, 0) is 0 Å². The van der Waals surface area contributed by atoms with Gasteiger partial charge in [-0.3, -0.25) is 0 Å². The summed E-state index contributed by atoms with van der Waals surface area (Å²) in [4.78, 5) is 0.528. The van der Waals surface area contributed by atoms with Crippen LogP contribution in [0.25, 0.3) is 0 Å². The average molecular weight is 171 g/mol. The van der Waals surface area contributed by atoms with Crippen molar-refractivity contribution in [2.45, 2.75) is 37.5 Å². The van der Waals surface area contributed by atoms with E-state index in [2.05, 4.69) is 24.0 Å². The van der Waals surface area contributed by atoms with Gasteiger partial charge in [0.05, 0.1) is 4.87 Å². The summed E-state index contributed by atoms with van der Waals surface area (Å²) in [6.45, 7) is 3.56. The largest absolute Gasteiger partial charge is 0.302 e. The number of hydrogen-bond donors (Lipinski definition) is 1. The fourth-order valence-corrected chi connectivity index (χ4v) is 3.74. The highest BCUT2D eigenvalue weighted by atomic mass is 32.2. The van der Waals surface area contributed by atoms with E-state index in [9.17, 15) is 0 Å². The third-order valence-corrected chi connectivity index (χ3v) is 4.56. The van der Waals surface area contributed by atoms with E-state index in [0.717, 1.165) is 5.92 Å². The molecule has 1 saturated heterocycles. The first kappa shape index (κ1) is 7.93. The van der Waals surface area contributed by atoms with E-state index >= 15 is 0 Å². The minimum Gasteiger partial charge on any atom is -0.302 e. The normalized spacial score (nSPS) is 43.9. The first-order chi connectivity index (χ1) is 5.35. The first-order valence-corrected chi connectivity index (χ1v) is 5.72. The molecule has 2 rings (SSSR count). The van der Waals surface area contributed by atoms with E-state index in [4.69, 9.17) is 0 Å². The minimum atomic E-state index is 0.528. The van der Waals surface area contributed by atoms with Crippen LogP contribution in [0, 0.1) is 5.92 Å². The Hall–Kier alpha value is 0.310. The van der Waals surface area contributed by atoms with Crippen molar-refractivity contribution in [1.29, 1.82) is 0 Å². The van der Waals surface area contributed by atoms with Crippen LogP contribution < -0.4 is 5.32 Å². The average Bonchev–Trinajstić information content (AvgIpc) is 2.62. The van der Waals surface area contributed by atoms with Crippen LogP contribution >= 0.6 is 11.8 Å². The van der Waals surface area contributed by atoms with Crippen LogP contribution in [0.5, 0.6) is 0 Å². The van der Waals surface area contributed by atoms with Crippen LogP contribution in [0.15, 0.2) is 0 Å². The SMILES string of the molecule is CCC1CCC2(C1)NCCS2. The van der Waals surface area contributed by atoms with E-state index in [1.54, 1.807) is 0 Å². The van der Waals surface area contributed by atoms with Gasteiger partial charge in [0.1, 0.15) is 0 Å². The Kier molecular flexibility index (Phi) is 2.15. The van der Waals surface area contributed by atoms with E-state index in [1.807, 2.05) is 0 Å². The lowest BCUT2D eigenvalue weighted by Gasteiger charge is -2.22. The Bertz CT molecular complexity index is 140. The second kappa shape index (κ2) is 2.98. The molecule has 0 aromatic heterocycles. The van der Waals surface area contributed by atoms with Crippen molar-refractivity contribution in [3.05, 3.63) is 0 Å². The molecular weight excluding hydrogens is 154 g/mol. The maximum atomic E-state index is 3.66. The lowest BCUT2D eigenvalue weighted by molar-refractivity contribution is 0.469. The number of hydrogen-bond acceptors (Lipinski definition) is 2. The molecule has 2 atom stereocenters. The third kappa shape index (κ3) is 1.43. The number of thioether (sulfide) groups is 1. The number of nitrogens with one attached hydrogen (secondary N) is 1. The van der Waals surface area contributed by atoms with Gasteiger partial charge < -0.3 is 5.32 Å². The first-order valence-electron chi connectivity index (χ1n) is 4.74. The summed E-state index contributed by atoms with van der Waals surface area (Å²) in [6.07, 6.45) is 5.67. The Morgan fingerprint density at radius 2 is 2.55 bits per heavy atom. The zero-order chi connectivity index (χ0) is 7.73. The fraction of sp³-hybridized carbons (Fsp3) is 1.00. The standard InChI is InChI=1S/C9H17NS/c1-2-8-3-4-9(7-8)10-5-6-11-9/h8,10H,2-7H2,1H3. The maximum absolute atomic E-state index is 3.66. The Labute approximate surface area is 73.3 Å². The minimum absolute atomic E-state index is 0.528. The summed E-state index contributed by atoms with van der Waals surface area (Å²) in [5, 5.41) is 3.66. The molecule has 2 unspecified atom stereocenters. The highest BCUT2D eigenvalue weighted by Gasteiger charge is 2.40. The molecule has 2 aliphatic rings. The van der Waals surface area contributed by atoms with Crippen molar-refractivity contribution in [3.8, 4) is 0 Å². The van der Waals surface area contributed by atoms with Crippen LogP contribution in [0.4, 0.5) is 0 Å². The molecule has 0 radical (unpaired) electrons. The van der Waals surface area contributed by atoms with Crippen molar-refractivity contribution >= 4 is 11.8 Å². The highest BCUT2D eigenvalue weighted by Crippen LogP contribution is 2.45. The third-order valence-electron chi connectivity index (χ3n) is 3.08. The predicted molar refractivity (Wildman–Crippen MR) is 50.8 cm³/mol. The van der Waals surface area contributed by atoms with Gasteiger partial charge in [-0.2, -0.15) is 0 Å². The molecule has 0 amide bonds. The Morgan fingerprint density at radius 3 is 3.09 bits per heavy atom. The van der Waals surface area contributed by atoms with Gasteiger partial charge in [-0.15, -0.1) is 11.8 Å². The predicted octanol–water partition coefficient (Wildman–Crippen LogP) is 2.23. The Morgan fingerprint density at radius 1 is 1.64 bits per heavy atom. The van der Waals surface area contributed by atoms with Crippen molar-refractivity contribution in [2.24, 2.45) is 5.92 Å². The van der Waals surface area contributed by atoms with Crippen molar-refractivity contribution in [2.75, 3.05) is 12.3 Å². The molecule has 1 aliphatic heterocycles. The highest BCUT2D eigenvalue weighted by molar-refractivity contribution is 8.00. The summed E-state index contributed by atoms with van der Waals surface area (Å²) in [6, 6.07) is 0. The van der Waals surface area contributed by atoms with Crippen LogP contribution in [0.3, 0.4) is 0 Å². The summed E-state index contributed by atoms with van der Waals surface area (Å²) < 4.78 is 0. The molecule has 2 heteroatoms. The van der Waals surface area contributed by atoms with Gasteiger partial charge >= 0.3 is 0 Å². The van der Waals surface area contributed by atoms with Gasteiger partial charge in [0.15, 0.2) is 0 Å². The van der Waals surface area contributed by atoms with Gasteiger partial charge in [-0.25, -0.2) is 0 Å². The molecule has 11 heavy (non-hydrogen) atoms. The fourth-order valence-electron chi connectivity index (χ4n) is 2.32. The molecule has 64 valence electrons. The molecule has 1 aliphatic carbocycles. The smallest absolute Gasteiger partial charge is 0.0648 e. The molecular formula is C9H17NS. The lowest BCUT2D eigenvalue weighted by atomic mass is 10.1. The van der Waals surface area contributed by atoms with Gasteiger partial charge in [0, 0.05) is 12.3 Å². The van der Waals surface area contributed by atoms with E-state index in [0.29, 0.717) is 4.87 Å². The number of rotatable bonds is 1. The monoisotopic (exact) mass is 171 g/mol. The van der Waals surface area contributed by atoms with Gasteiger partial charge in [0.25, 0.3) is 0 Å². The molecule has 0 aromatic carbocycles. The van der Waals surface area contributed by atoms with Gasteiger partial charge in [-0.05, 0) is 25.2 Å². The van der Waals surface area contributed by atoms with Crippen molar-refractivity contribution in [1.82, 2.24) is 5.32 Å². The molecule has 0 bridgehead atoms. The second-order valence-electron chi connectivity index (χ2n) is 3.79. The topological polar surface area (TPSA) is 12.0 Å². The van der Waals surface area contributed by atoms with E-state index in [-0.39, 0.29) is 0 Å². The van der Waals surface area contributed by atoms with Crippen molar-refractivity contribution in [3.63, 3.8) is 0 Å². The molecule has 1 saturated carbocycles. The lowest BCUT2D eigenvalue weighted by Crippen LogP contribution is -2.34. The zero-order valence-corrected chi connectivity index (χ0v) is 8.04. The zero-order valence-electron chi connectivity index (χ0n) is 7.23. The quantitative estimate of drug-likeness (QED) is 0.649. The summed E-state index contributed by atoms with van der Waals surface area (Å²) in [5.74, 6) is 2.34. The Balaban J connectivity index is 1.96. The molecule has 0 aromatic rings. The molecule has 1 N–H and O–H groups in total. The maximum Gasteiger partial charge on any atom is 0.0648 e. The van der Waals surface area contributed by atoms with Gasteiger partial charge in [-0.1, -0.05) is 13.3 Å². The summed E-state index contributed by atoms with van der Waals surface area (Å²) in [7, 11) is 0. The molecule has 1 spiro atoms. The molecule has 1 nitrogen and oxygen atoms in total. The molecule has 2 fully saturated rings. The van der Waals surface area contributed by atoms with Crippen molar-refractivity contribution < 1.29 is 0 Å². The second-order valence-corrected chi connectivity index (χ2v) is 5.26. The van der Waals surface area contributed by atoms with Gasteiger partial charge in [0.2, 0.25) is 0 Å².